The first-order chi connectivity index (χ1) is 8.88. The van der Waals surface area contributed by atoms with Crippen LogP contribution in [0.5, 0.6) is 0 Å². The van der Waals surface area contributed by atoms with E-state index in [0.29, 0.717) is 0 Å². The normalized spacial score (nSPS) is 24.2. The molecule has 1 aromatic carbocycles. The summed E-state index contributed by atoms with van der Waals surface area (Å²) in [6.07, 6.45) is 14.7. The fraction of sp³-hybridized carbons (Fsp3) is 0.444. The molecular weight excluding hydrogens is 216 g/mol. The van der Waals surface area contributed by atoms with Crippen molar-refractivity contribution in [3.63, 3.8) is 0 Å². The Labute approximate surface area is 111 Å². The highest BCUT2D eigenvalue weighted by Crippen LogP contribution is 2.31. The van der Waals surface area contributed by atoms with Gasteiger partial charge in [-0.05, 0) is 55.9 Å². The molecule has 1 aliphatic rings. The summed E-state index contributed by atoms with van der Waals surface area (Å²) in [5, 5.41) is 0. The minimum absolute atomic E-state index is 0.815. The average molecular weight is 240 g/mol. The van der Waals surface area contributed by atoms with Crippen LogP contribution in [0.2, 0.25) is 0 Å². The van der Waals surface area contributed by atoms with Crippen LogP contribution in [0.4, 0.5) is 0 Å². The second-order valence-electron chi connectivity index (χ2n) is 5.42. The van der Waals surface area contributed by atoms with Gasteiger partial charge in [0.25, 0.3) is 0 Å². The van der Waals surface area contributed by atoms with Crippen LogP contribution in [0, 0.1) is 11.8 Å². The lowest BCUT2D eigenvalue weighted by Crippen LogP contribution is -2.12. The molecule has 96 valence electrons. The van der Waals surface area contributed by atoms with E-state index in [4.69, 9.17) is 0 Å². The lowest BCUT2D eigenvalue weighted by molar-refractivity contribution is 0.312. The minimum atomic E-state index is 0.815. The van der Waals surface area contributed by atoms with Crippen molar-refractivity contribution in [3.8, 4) is 0 Å². The van der Waals surface area contributed by atoms with Crippen molar-refractivity contribution in [3.05, 3.63) is 60.7 Å². The van der Waals surface area contributed by atoms with Gasteiger partial charge in [0.05, 0.1) is 0 Å². The van der Waals surface area contributed by atoms with Gasteiger partial charge in [-0.25, -0.2) is 0 Å². The average Bonchev–Trinajstić information content (AvgIpc) is 2.42. The van der Waals surface area contributed by atoms with Gasteiger partial charge in [0, 0.05) is 0 Å². The van der Waals surface area contributed by atoms with E-state index in [1.165, 1.54) is 37.7 Å². The van der Waals surface area contributed by atoms with Crippen LogP contribution >= 0.6 is 0 Å². The lowest BCUT2D eigenvalue weighted by Gasteiger charge is -2.25. The van der Waals surface area contributed by atoms with Crippen molar-refractivity contribution in [1.82, 2.24) is 0 Å². The smallest absolute Gasteiger partial charge is 0.00974 e. The maximum absolute atomic E-state index is 3.84. The molecular formula is C18H24. The highest BCUT2D eigenvalue weighted by molar-refractivity contribution is 5.17. The molecule has 0 amide bonds. The zero-order valence-corrected chi connectivity index (χ0v) is 11.2. The van der Waals surface area contributed by atoms with E-state index < -0.39 is 0 Å². The first kappa shape index (κ1) is 13.1. The third-order valence-corrected chi connectivity index (χ3v) is 4.00. The van der Waals surface area contributed by atoms with E-state index in [9.17, 15) is 0 Å². The number of hydrogen-bond acceptors (Lipinski definition) is 0. The molecule has 1 aromatic rings. The van der Waals surface area contributed by atoms with Crippen LogP contribution in [-0.2, 0) is 6.42 Å². The number of hydrogen-bond donors (Lipinski definition) is 0. The predicted octanol–water partition coefficient (Wildman–Crippen LogP) is 5.17. The zero-order valence-electron chi connectivity index (χ0n) is 11.2. The Morgan fingerprint density at radius 1 is 1.06 bits per heavy atom. The van der Waals surface area contributed by atoms with Crippen molar-refractivity contribution in [2.75, 3.05) is 0 Å². The molecule has 0 radical (unpaired) electrons. The van der Waals surface area contributed by atoms with E-state index in [0.717, 1.165) is 18.3 Å². The van der Waals surface area contributed by atoms with E-state index >= 15 is 0 Å². The highest BCUT2D eigenvalue weighted by atomic mass is 14.2. The molecule has 0 aromatic heterocycles. The summed E-state index contributed by atoms with van der Waals surface area (Å²) >= 11 is 0. The molecule has 0 unspecified atom stereocenters. The van der Waals surface area contributed by atoms with Crippen LogP contribution in [0.15, 0.2) is 55.1 Å². The van der Waals surface area contributed by atoms with E-state index in [-0.39, 0.29) is 0 Å². The molecule has 0 atom stereocenters. The molecule has 0 N–H and O–H groups in total. The molecule has 0 bridgehead atoms. The van der Waals surface area contributed by atoms with Gasteiger partial charge in [-0.2, -0.15) is 0 Å². The SMILES string of the molecule is C=CC[C@H]1CC[C@H](C=CCc2ccccc2)CC1. The van der Waals surface area contributed by atoms with Crippen molar-refractivity contribution in [2.45, 2.75) is 38.5 Å². The molecule has 0 heterocycles. The highest BCUT2D eigenvalue weighted by Gasteiger charge is 2.17. The summed E-state index contributed by atoms with van der Waals surface area (Å²) in [6, 6.07) is 10.7. The van der Waals surface area contributed by atoms with Gasteiger partial charge in [-0.1, -0.05) is 48.6 Å². The van der Waals surface area contributed by atoms with Crippen molar-refractivity contribution < 1.29 is 0 Å². The molecule has 0 spiro atoms. The molecule has 0 heteroatoms. The molecule has 1 fully saturated rings. The molecule has 1 aliphatic carbocycles. The number of rotatable bonds is 5. The van der Waals surface area contributed by atoms with Gasteiger partial charge in [0.15, 0.2) is 0 Å². The standard InChI is InChI=1S/C18H24/c1-2-7-16-12-14-18(15-13-16)11-6-10-17-8-4-3-5-9-17/h2-6,8-9,11,16,18H,1,7,10,12-15H2/t16-,18-. The van der Waals surface area contributed by atoms with Crippen LogP contribution in [0.25, 0.3) is 0 Å². The summed E-state index contributed by atoms with van der Waals surface area (Å²) in [5.74, 6) is 1.72. The summed E-state index contributed by atoms with van der Waals surface area (Å²) in [7, 11) is 0. The third kappa shape index (κ3) is 4.18. The zero-order chi connectivity index (χ0) is 12.6. The maximum atomic E-state index is 3.84. The Balaban J connectivity index is 1.73. The summed E-state index contributed by atoms with van der Waals surface area (Å²) in [6.45, 7) is 3.84. The van der Waals surface area contributed by atoms with Crippen molar-refractivity contribution in [1.29, 1.82) is 0 Å². The summed E-state index contributed by atoms with van der Waals surface area (Å²) < 4.78 is 0. The topological polar surface area (TPSA) is 0 Å². The molecule has 0 nitrogen and oxygen atoms in total. The van der Waals surface area contributed by atoms with Crippen molar-refractivity contribution in [2.24, 2.45) is 11.8 Å². The van der Waals surface area contributed by atoms with Gasteiger partial charge < -0.3 is 0 Å². The Kier molecular flexibility index (Phi) is 5.26. The van der Waals surface area contributed by atoms with Crippen LogP contribution in [-0.4, -0.2) is 0 Å². The number of allylic oxidation sites excluding steroid dienone is 3. The van der Waals surface area contributed by atoms with Gasteiger partial charge in [0.1, 0.15) is 0 Å². The fourth-order valence-electron chi connectivity index (χ4n) is 2.86. The minimum Gasteiger partial charge on any atom is -0.103 e. The predicted molar refractivity (Wildman–Crippen MR) is 79.5 cm³/mol. The van der Waals surface area contributed by atoms with Gasteiger partial charge >= 0.3 is 0 Å². The van der Waals surface area contributed by atoms with Crippen LogP contribution < -0.4 is 0 Å². The lowest BCUT2D eigenvalue weighted by atomic mass is 9.80. The molecule has 0 saturated heterocycles. The Hall–Kier alpha value is -1.30. The molecule has 18 heavy (non-hydrogen) atoms. The monoisotopic (exact) mass is 240 g/mol. The second-order valence-corrected chi connectivity index (χ2v) is 5.42. The fourth-order valence-corrected chi connectivity index (χ4v) is 2.86. The third-order valence-electron chi connectivity index (χ3n) is 4.00. The summed E-state index contributed by atoms with van der Waals surface area (Å²) in [5.41, 5.74) is 1.41. The first-order valence-electron chi connectivity index (χ1n) is 7.20. The van der Waals surface area contributed by atoms with E-state index in [1.54, 1.807) is 0 Å². The molecule has 0 aliphatic heterocycles. The largest absolute Gasteiger partial charge is 0.103 e. The van der Waals surface area contributed by atoms with Crippen LogP contribution in [0.3, 0.4) is 0 Å². The molecule has 2 rings (SSSR count). The van der Waals surface area contributed by atoms with Crippen LogP contribution in [0.1, 0.15) is 37.7 Å². The maximum Gasteiger partial charge on any atom is -0.00974 e. The van der Waals surface area contributed by atoms with Crippen molar-refractivity contribution >= 4 is 0 Å². The summed E-state index contributed by atoms with van der Waals surface area (Å²) in [4.78, 5) is 0. The van der Waals surface area contributed by atoms with E-state index in [1.807, 2.05) is 0 Å². The van der Waals surface area contributed by atoms with Gasteiger partial charge in [-0.3, -0.25) is 0 Å². The van der Waals surface area contributed by atoms with Gasteiger partial charge in [-0.15, -0.1) is 6.58 Å². The second kappa shape index (κ2) is 7.20. The van der Waals surface area contributed by atoms with Gasteiger partial charge in [0.2, 0.25) is 0 Å². The molecule has 1 saturated carbocycles. The quantitative estimate of drug-likeness (QED) is 0.623. The number of benzene rings is 1. The first-order valence-corrected chi connectivity index (χ1v) is 7.20. The Morgan fingerprint density at radius 2 is 1.78 bits per heavy atom. The Bertz CT molecular complexity index is 366. The Morgan fingerprint density at radius 3 is 2.44 bits per heavy atom. The van der Waals surface area contributed by atoms with E-state index in [2.05, 4.69) is 55.1 Å².